The molecule has 2 heterocycles. The van der Waals surface area contributed by atoms with Gasteiger partial charge in [-0.15, -0.1) is 0 Å². The van der Waals surface area contributed by atoms with Gasteiger partial charge in [-0.05, 0) is 6.42 Å². The first-order valence-electron chi connectivity index (χ1n) is 5.11. The standard InChI is InChI=1S/C10H15N3OS/c1-3-8-9(11-2)12-6-13-10(8)15-7-4-14-5-7/h6-7H,3-5H2,1-2H3,(H,11,12,13). The summed E-state index contributed by atoms with van der Waals surface area (Å²) in [7, 11) is 1.89. The monoisotopic (exact) mass is 225 g/mol. The average molecular weight is 225 g/mol. The summed E-state index contributed by atoms with van der Waals surface area (Å²) in [6, 6.07) is 0. The highest BCUT2D eigenvalue weighted by Gasteiger charge is 2.22. The Morgan fingerprint density at radius 3 is 2.87 bits per heavy atom. The molecule has 1 aromatic rings. The highest BCUT2D eigenvalue weighted by molar-refractivity contribution is 8.00. The fraction of sp³-hybridized carbons (Fsp3) is 0.600. The summed E-state index contributed by atoms with van der Waals surface area (Å²) in [5.41, 5.74) is 1.21. The number of rotatable bonds is 4. The van der Waals surface area contributed by atoms with Gasteiger partial charge >= 0.3 is 0 Å². The summed E-state index contributed by atoms with van der Waals surface area (Å²) in [6.07, 6.45) is 2.57. The topological polar surface area (TPSA) is 47.0 Å². The van der Waals surface area contributed by atoms with Gasteiger partial charge in [-0.2, -0.15) is 0 Å². The summed E-state index contributed by atoms with van der Waals surface area (Å²) in [4.78, 5) is 8.55. The second-order valence-corrected chi connectivity index (χ2v) is 4.68. The Morgan fingerprint density at radius 1 is 1.53 bits per heavy atom. The van der Waals surface area contributed by atoms with Crippen molar-refractivity contribution in [2.75, 3.05) is 25.6 Å². The molecule has 15 heavy (non-hydrogen) atoms. The maximum atomic E-state index is 5.16. The van der Waals surface area contributed by atoms with Crippen molar-refractivity contribution in [2.24, 2.45) is 0 Å². The van der Waals surface area contributed by atoms with Gasteiger partial charge in [0.15, 0.2) is 0 Å². The maximum Gasteiger partial charge on any atom is 0.133 e. The van der Waals surface area contributed by atoms with Crippen molar-refractivity contribution < 1.29 is 4.74 Å². The minimum Gasteiger partial charge on any atom is -0.379 e. The molecule has 82 valence electrons. The van der Waals surface area contributed by atoms with Crippen LogP contribution < -0.4 is 5.32 Å². The first kappa shape index (κ1) is 10.7. The van der Waals surface area contributed by atoms with E-state index < -0.39 is 0 Å². The first-order valence-corrected chi connectivity index (χ1v) is 5.99. The van der Waals surface area contributed by atoms with Crippen LogP contribution in [0.4, 0.5) is 5.82 Å². The summed E-state index contributed by atoms with van der Waals surface area (Å²) in [6.45, 7) is 3.81. The van der Waals surface area contributed by atoms with Crippen molar-refractivity contribution in [3.63, 3.8) is 0 Å². The van der Waals surface area contributed by atoms with Gasteiger partial charge in [0.2, 0.25) is 0 Å². The number of thioether (sulfide) groups is 1. The third kappa shape index (κ3) is 2.23. The molecule has 5 heteroatoms. The molecule has 0 atom stereocenters. The molecule has 1 aromatic heterocycles. The molecule has 1 fully saturated rings. The first-order chi connectivity index (χ1) is 7.35. The summed E-state index contributed by atoms with van der Waals surface area (Å²) >= 11 is 1.79. The number of hydrogen-bond donors (Lipinski definition) is 1. The van der Waals surface area contributed by atoms with Crippen LogP contribution in [0.5, 0.6) is 0 Å². The Kier molecular flexibility index (Phi) is 3.43. The van der Waals surface area contributed by atoms with Crippen molar-refractivity contribution in [1.82, 2.24) is 9.97 Å². The zero-order valence-corrected chi connectivity index (χ0v) is 9.80. The lowest BCUT2D eigenvalue weighted by Crippen LogP contribution is -2.30. The van der Waals surface area contributed by atoms with Gasteiger partial charge in [-0.25, -0.2) is 9.97 Å². The lowest BCUT2D eigenvalue weighted by atomic mass is 10.2. The third-order valence-electron chi connectivity index (χ3n) is 2.38. The fourth-order valence-electron chi connectivity index (χ4n) is 1.47. The van der Waals surface area contributed by atoms with Crippen LogP contribution in [0, 0.1) is 0 Å². The van der Waals surface area contributed by atoms with Crippen LogP contribution in [-0.4, -0.2) is 35.5 Å². The Labute approximate surface area is 93.8 Å². The molecule has 4 nitrogen and oxygen atoms in total. The second-order valence-electron chi connectivity index (χ2n) is 3.39. The van der Waals surface area contributed by atoms with E-state index in [1.807, 2.05) is 7.05 Å². The number of ether oxygens (including phenoxy) is 1. The van der Waals surface area contributed by atoms with Gasteiger partial charge < -0.3 is 10.1 Å². The van der Waals surface area contributed by atoms with E-state index in [1.54, 1.807) is 18.1 Å². The van der Waals surface area contributed by atoms with E-state index in [9.17, 15) is 0 Å². The number of aromatic nitrogens is 2. The molecule has 0 saturated carbocycles. The molecule has 0 aromatic carbocycles. The Morgan fingerprint density at radius 2 is 2.33 bits per heavy atom. The molecular weight excluding hydrogens is 210 g/mol. The van der Waals surface area contributed by atoms with E-state index in [4.69, 9.17) is 4.74 Å². The van der Waals surface area contributed by atoms with E-state index in [-0.39, 0.29) is 0 Å². The van der Waals surface area contributed by atoms with Crippen molar-refractivity contribution >= 4 is 17.6 Å². The van der Waals surface area contributed by atoms with Crippen LogP contribution in [0.3, 0.4) is 0 Å². The molecule has 0 radical (unpaired) electrons. The van der Waals surface area contributed by atoms with Crippen LogP contribution >= 0.6 is 11.8 Å². The fourth-order valence-corrected chi connectivity index (χ4v) is 2.61. The van der Waals surface area contributed by atoms with Crippen molar-refractivity contribution in [1.29, 1.82) is 0 Å². The minimum absolute atomic E-state index is 0.565. The Hall–Kier alpha value is -0.810. The smallest absolute Gasteiger partial charge is 0.133 e. The van der Waals surface area contributed by atoms with Gasteiger partial charge in [0.05, 0.1) is 18.5 Å². The lowest BCUT2D eigenvalue weighted by Gasteiger charge is -2.25. The number of anilines is 1. The predicted octanol–water partition coefficient (Wildman–Crippen LogP) is 1.57. The molecule has 0 bridgehead atoms. The summed E-state index contributed by atoms with van der Waals surface area (Å²) in [5, 5.41) is 4.75. The molecular formula is C10H15N3OS. The molecule has 1 aliphatic heterocycles. The van der Waals surface area contributed by atoms with Crippen molar-refractivity contribution in [3.8, 4) is 0 Å². The molecule has 0 unspecified atom stereocenters. The largest absolute Gasteiger partial charge is 0.379 e. The summed E-state index contributed by atoms with van der Waals surface area (Å²) in [5.74, 6) is 0.940. The highest BCUT2D eigenvalue weighted by Crippen LogP contribution is 2.31. The molecule has 1 saturated heterocycles. The van der Waals surface area contributed by atoms with Crippen molar-refractivity contribution in [2.45, 2.75) is 23.6 Å². The zero-order chi connectivity index (χ0) is 10.7. The summed E-state index contributed by atoms with van der Waals surface area (Å²) < 4.78 is 5.16. The molecule has 0 amide bonds. The Bertz CT molecular complexity index is 341. The van der Waals surface area contributed by atoms with Gasteiger partial charge in [-0.3, -0.25) is 0 Å². The van der Waals surface area contributed by atoms with E-state index in [0.29, 0.717) is 5.25 Å². The number of nitrogens with zero attached hydrogens (tertiary/aromatic N) is 2. The second kappa shape index (κ2) is 4.81. The molecule has 1 N–H and O–H groups in total. The van der Waals surface area contributed by atoms with E-state index in [0.717, 1.165) is 30.5 Å². The quantitative estimate of drug-likeness (QED) is 0.788. The van der Waals surface area contributed by atoms with E-state index in [2.05, 4.69) is 22.2 Å². The maximum absolute atomic E-state index is 5.16. The number of nitrogens with one attached hydrogen (secondary N) is 1. The molecule has 1 aliphatic rings. The van der Waals surface area contributed by atoms with E-state index >= 15 is 0 Å². The van der Waals surface area contributed by atoms with Crippen LogP contribution in [0.15, 0.2) is 11.4 Å². The predicted molar refractivity (Wildman–Crippen MR) is 61.4 cm³/mol. The minimum atomic E-state index is 0.565. The molecule has 2 rings (SSSR count). The number of hydrogen-bond acceptors (Lipinski definition) is 5. The van der Waals surface area contributed by atoms with E-state index in [1.165, 1.54) is 5.56 Å². The zero-order valence-electron chi connectivity index (χ0n) is 8.99. The van der Waals surface area contributed by atoms with Crippen LogP contribution in [0.1, 0.15) is 12.5 Å². The highest BCUT2D eigenvalue weighted by atomic mass is 32.2. The van der Waals surface area contributed by atoms with Gasteiger partial charge in [0.25, 0.3) is 0 Å². The van der Waals surface area contributed by atoms with Crippen LogP contribution in [0.2, 0.25) is 0 Å². The van der Waals surface area contributed by atoms with Gasteiger partial charge in [-0.1, -0.05) is 18.7 Å². The normalized spacial score (nSPS) is 16.1. The Balaban J connectivity index is 2.20. The molecule has 0 aliphatic carbocycles. The van der Waals surface area contributed by atoms with Crippen LogP contribution in [-0.2, 0) is 11.2 Å². The van der Waals surface area contributed by atoms with Crippen molar-refractivity contribution in [3.05, 3.63) is 11.9 Å². The average Bonchev–Trinajstić information content (AvgIpc) is 2.22. The SMILES string of the molecule is CCc1c(NC)ncnc1SC1COC1. The van der Waals surface area contributed by atoms with Gasteiger partial charge in [0, 0.05) is 12.6 Å². The van der Waals surface area contributed by atoms with Gasteiger partial charge in [0.1, 0.15) is 17.2 Å². The molecule has 0 spiro atoms. The van der Waals surface area contributed by atoms with Crippen LogP contribution in [0.25, 0.3) is 0 Å². The third-order valence-corrected chi connectivity index (χ3v) is 3.56. The lowest BCUT2D eigenvalue weighted by molar-refractivity contribution is 0.0454.